The number of nitrogens with zero attached hydrogens (tertiary/aromatic N) is 5. The van der Waals surface area contributed by atoms with Crippen molar-refractivity contribution in [3.05, 3.63) is 28.8 Å². The lowest BCUT2D eigenvalue weighted by atomic mass is 9.96. The van der Waals surface area contributed by atoms with Gasteiger partial charge >= 0.3 is 6.18 Å². The Morgan fingerprint density at radius 1 is 1.15 bits per heavy atom. The summed E-state index contributed by atoms with van der Waals surface area (Å²) in [5, 5.41) is 13.2. The van der Waals surface area contributed by atoms with Gasteiger partial charge in [-0.05, 0) is 31.9 Å². The molecule has 3 aliphatic heterocycles. The summed E-state index contributed by atoms with van der Waals surface area (Å²) in [6.07, 6.45) is -4.84. The molecule has 0 radical (unpaired) electrons. The summed E-state index contributed by atoms with van der Waals surface area (Å²) < 4.78 is 79.6. The van der Waals surface area contributed by atoms with Crippen molar-refractivity contribution >= 4 is 28.4 Å². The van der Waals surface area contributed by atoms with Crippen molar-refractivity contribution in [2.24, 2.45) is 0 Å². The Bertz CT molecular complexity index is 1480. The van der Waals surface area contributed by atoms with Crippen LogP contribution in [0.3, 0.4) is 0 Å². The molecule has 0 spiro atoms. The number of benzene rings is 1. The third-order valence-corrected chi connectivity index (χ3v) is 7.79. The van der Waals surface area contributed by atoms with E-state index in [1.165, 1.54) is 0 Å². The molecule has 2 aromatic heterocycles. The normalized spacial score (nSPS) is 22.8. The number of aromatic nitrogens is 3. The van der Waals surface area contributed by atoms with Crippen molar-refractivity contribution in [1.82, 2.24) is 20.3 Å². The van der Waals surface area contributed by atoms with Gasteiger partial charge in [0.1, 0.15) is 34.3 Å². The lowest BCUT2D eigenvalue weighted by Gasteiger charge is -2.41. The number of rotatable bonds is 3. The summed E-state index contributed by atoms with van der Waals surface area (Å²) in [4.78, 5) is 17.1. The largest absolute Gasteiger partial charge is 0.472 e. The highest BCUT2D eigenvalue weighted by molar-refractivity contribution is 5.98. The van der Waals surface area contributed by atoms with Crippen LogP contribution < -0.4 is 25.6 Å². The molecule has 208 valence electrons. The highest BCUT2D eigenvalue weighted by Crippen LogP contribution is 2.46. The Hall–Kier alpha value is -3.52. The van der Waals surface area contributed by atoms with Gasteiger partial charge in [-0.1, -0.05) is 0 Å². The average Bonchev–Trinajstić information content (AvgIpc) is 2.98. The van der Waals surface area contributed by atoms with Crippen LogP contribution in [0.2, 0.25) is 0 Å². The first kappa shape index (κ1) is 25.7. The fourth-order valence-electron chi connectivity index (χ4n) is 5.64. The predicted molar refractivity (Wildman–Crippen MR) is 134 cm³/mol. The molecule has 0 unspecified atom stereocenters. The van der Waals surface area contributed by atoms with Crippen molar-refractivity contribution in [2.75, 3.05) is 48.3 Å². The van der Waals surface area contributed by atoms with E-state index in [2.05, 4.69) is 15.3 Å². The van der Waals surface area contributed by atoms with E-state index in [1.807, 2.05) is 4.90 Å². The Balaban J connectivity index is 1.68. The number of pyridine rings is 1. The number of aliphatic hydroxyl groups is 1. The van der Waals surface area contributed by atoms with Crippen molar-refractivity contribution in [1.29, 1.82) is 0 Å². The van der Waals surface area contributed by atoms with Gasteiger partial charge in [0.15, 0.2) is 5.82 Å². The van der Waals surface area contributed by atoms with Gasteiger partial charge in [0.2, 0.25) is 11.8 Å². The summed E-state index contributed by atoms with van der Waals surface area (Å²) in [6, 6.07) is 0.238. The van der Waals surface area contributed by atoms with Crippen molar-refractivity contribution in [3.63, 3.8) is 0 Å². The highest BCUT2D eigenvalue weighted by Gasteiger charge is 2.42. The second-order valence-electron chi connectivity index (χ2n) is 10.1. The molecule has 2 saturated heterocycles. The minimum Gasteiger partial charge on any atom is -0.472 e. The Labute approximate surface area is 219 Å². The van der Waals surface area contributed by atoms with E-state index in [9.17, 15) is 22.7 Å². The lowest BCUT2D eigenvalue weighted by molar-refractivity contribution is -0.137. The molecule has 9 nitrogen and oxygen atoms in total. The minimum absolute atomic E-state index is 0.124. The SMILES string of the molecule is Cc1c(F)c(N)cc(-c2nc3c4c(nc(N5CC[C@@H]5CO)nc4c2F)N2CCNC[C@H]2[C@H](C)O3)c1C(F)(F)F. The number of hydrogen-bond donors (Lipinski definition) is 3. The molecule has 2 fully saturated rings. The van der Waals surface area contributed by atoms with E-state index >= 15 is 4.39 Å². The second kappa shape index (κ2) is 9.01. The van der Waals surface area contributed by atoms with Gasteiger partial charge in [0, 0.05) is 31.7 Å². The van der Waals surface area contributed by atoms with E-state index in [0.717, 1.165) is 13.0 Å². The number of ether oxygens (including phenoxy) is 1. The van der Waals surface area contributed by atoms with Gasteiger partial charge < -0.3 is 30.7 Å². The number of anilines is 3. The van der Waals surface area contributed by atoms with Gasteiger partial charge in [-0.2, -0.15) is 18.2 Å². The standard InChI is InChI=1S/C25H26F5N7O2/c1-10-17(25(28,29)30)13(7-14(31)18(10)26)20-19(27)21-16-22(35-24(34-21)36-5-3-12(36)9-38)37-6-4-32-8-15(37)11(2)39-23(16)33-20/h7,11-12,15,32,38H,3-6,8-9,31H2,1-2H3/t11-,12+,15-/m0/s1. The molecule has 3 atom stereocenters. The van der Waals surface area contributed by atoms with Crippen LogP contribution in [0.4, 0.5) is 39.4 Å². The third-order valence-electron chi connectivity index (χ3n) is 7.79. The molecule has 3 aromatic rings. The zero-order valence-corrected chi connectivity index (χ0v) is 21.1. The molecule has 0 aliphatic carbocycles. The highest BCUT2D eigenvalue weighted by atomic mass is 19.4. The van der Waals surface area contributed by atoms with Gasteiger partial charge in [0.05, 0.1) is 29.9 Å². The van der Waals surface area contributed by atoms with Gasteiger partial charge in [0.25, 0.3) is 0 Å². The predicted octanol–water partition coefficient (Wildman–Crippen LogP) is 3.01. The summed E-state index contributed by atoms with van der Waals surface area (Å²) in [7, 11) is 0. The monoisotopic (exact) mass is 551 g/mol. The summed E-state index contributed by atoms with van der Waals surface area (Å²) >= 11 is 0. The number of alkyl halides is 3. The van der Waals surface area contributed by atoms with Crippen LogP contribution in [0.1, 0.15) is 24.5 Å². The number of piperazine rings is 1. The van der Waals surface area contributed by atoms with Crippen LogP contribution in [0.5, 0.6) is 5.88 Å². The first-order valence-corrected chi connectivity index (χ1v) is 12.6. The topological polar surface area (TPSA) is 113 Å². The number of nitrogen functional groups attached to an aromatic ring is 1. The minimum atomic E-state index is -5.03. The van der Waals surface area contributed by atoms with E-state index in [1.54, 1.807) is 11.8 Å². The molecule has 3 aliphatic rings. The number of aliphatic hydroxyl groups excluding tert-OH is 1. The maximum absolute atomic E-state index is 16.4. The smallest absolute Gasteiger partial charge is 0.417 e. The Morgan fingerprint density at radius 3 is 2.59 bits per heavy atom. The molecule has 1 aromatic carbocycles. The third kappa shape index (κ3) is 3.91. The molecule has 0 bridgehead atoms. The zero-order valence-electron chi connectivity index (χ0n) is 21.1. The van der Waals surface area contributed by atoms with E-state index in [0.29, 0.717) is 38.4 Å². The number of nitrogens with two attached hydrogens (primary N) is 1. The summed E-state index contributed by atoms with van der Waals surface area (Å²) in [6.45, 7) is 4.76. The maximum Gasteiger partial charge on any atom is 0.417 e. The molecule has 14 heteroatoms. The van der Waals surface area contributed by atoms with Crippen LogP contribution >= 0.6 is 0 Å². The van der Waals surface area contributed by atoms with Crippen LogP contribution in [-0.2, 0) is 6.18 Å². The molecule has 4 N–H and O–H groups in total. The Kier molecular flexibility index (Phi) is 5.95. The van der Waals surface area contributed by atoms with Crippen molar-refractivity contribution in [2.45, 2.75) is 44.6 Å². The number of halogens is 5. The van der Waals surface area contributed by atoms with Crippen LogP contribution in [0.25, 0.3) is 22.2 Å². The Morgan fingerprint density at radius 2 is 1.92 bits per heavy atom. The molecule has 0 amide bonds. The molecular formula is C25H26F5N7O2. The van der Waals surface area contributed by atoms with Crippen molar-refractivity contribution in [3.8, 4) is 17.1 Å². The van der Waals surface area contributed by atoms with Crippen LogP contribution in [0.15, 0.2) is 6.07 Å². The second-order valence-corrected chi connectivity index (χ2v) is 10.1. The molecule has 6 rings (SSSR count). The molecule has 0 saturated carbocycles. The quantitative estimate of drug-likeness (QED) is 0.334. The van der Waals surface area contributed by atoms with Crippen molar-refractivity contribution < 1.29 is 31.8 Å². The maximum atomic E-state index is 16.4. The van der Waals surface area contributed by atoms with Crippen LogP contribution in [-0.4, -0.2) is 71.0 Å². The molecule has 5 heterocycles. The zero-order chi connectivity index (χ0) is 27.8. The van der Waals surface area contributed by atoms with Gasteiger partial charge in [-0.25, -0.2) is 18.7 Å². The van der Waals surface area contributed by atoms with Crippen LogP contribution in [0, 0.1) is 18.6 Å². The van der Waals surface area contributed by atoms with E-state index < -0.39 is 52.0 Å². The fourth-order valence-corrected chi connectivity index (χ4v) is 5.64. The van der Waals surface area contributed by atoms with E-state index in [-0.39, 0.29) is 41.4 Å². The molecular weight excluding hydrogens is 525 g/mol. The number of nitrogens with one attached hydrogen (secondary N) is 1. The van der Waals surface area contributed by atoms with E-state index in [4.69, 9.17) is 15.5 Å². The lowest BCUT2D eigenvalue weighted by Crippen LogP contribution is -2.57. The average molecular weight is 552 g/mol. The first-order chi connectivity index (χ1) is 18.5. The molecule has 39 heavy (non-hydrogen) atoms. The number of fused-ring (bicyclic) bond motifs is 2. The first-order valence-electron chi connectivity index (χ1n) is 12.6. The summed E-state index contributed by atoms with van der Waals surface area (Å²) in [5.41, 5.74) is 1.27. The summed E-state index contributed by atoms with van der Waals surface area (Å²) in [5.74, 6) is -2.00. The number of hydrogen-bond acceptors (Lipinski definition) is 9. The fraction of sp³-hybridized carbons (Fsp3) is 0.480. The van der Waals surface area contributed by atoms with Gasteiger partial charge in [-0.15, -0.1) is 0 Å². The van der Waals surface area contributed by atoms with Gasteiger partial charge in [-0.3, -0.25) is 0 Å².